The van der Waals surface area contributed by atoms with Gasteiger partial charge in [0.15, 0.2) is 11.6 Å². The Morgan fingerprint density at radius 2 is 1.90 bits per heavy atom. The Morgan fingerprint density at radius 1 is 1.07 bits per heavy atom. The number of nitrogens with one attached hydrogen (secondary N) is 1. The van der Waals surface area contributed by atoms with E-state index in [1.165, 1.54) is 49.9 Å². The smallest absolute Gasteiger partial charge is 0.159 e. The molecule has 3 heterocycles. The van der Waals surface area contributed by atoms with E-state index in [2.05, 4.69) is 26.7 Å². The molecule has 1 atom stereocenters. The van der Waals surface area contributed by atoms with E-state index in [0.29, 0.717) is 12.0 Å². The first-order chi connectivity index (χ1) is 14.0. The fourth-order valence-electron chi connectivity index (χ4n) is 5.04. The third kappa shape index (κ3) is 5.04. The summed E-state index contributed by atoms with van der Waals surface area (Å²) in [6.45, 7) is 8.11. The highest BCUT2D eigenvalue weighted by Gasteiger charge is 2.41. The van der Waals surface area contributed by atoms with Crippen LogP contribution in [0.25, 0.3) is 0 Å². The third-order valence-corrected chi connectivity index (χ3v) is 6.49. The van der Waals surface area contributed by atoms with Crippen molar-refractivity contribution in [2.75, 3.05) is 26.2 Å². The molecule has 2 aliphatic rings. The van der Waals surface area contributed by atoms with Crippen LogP contribution in [0.15, 0.2) is 24.4 Å². The minimum Gasteiger partial charge on any atom is -0.345 e. The number of nitrogens with zero attached hydrogens (tertiary/aromatic N) is 3. The van der Waals surface area contributed by atoms with Gasteiger partial charge in [-0.2, -0.15) is 0 Å². The Labute approximate surface area is 172 Å². The van der Waals surface area contributed by atoms with Crippen molar-refractivity contribution in [1.29, 1.82) is 0 Å². The summed E-state index contributed by atoms with van der Waals surface area (Å²) in [5.74, 6) is -0.419. The first kappa shape index (κ1) is 20.5. The van der Waals surface area contributed by atoms with Crippen LogP contribution in [0.5, 0.6) is 0 Å². The summed E-state index contributed by atoms with van der Waals surface area (Å²) in [5.41, 5.74) is 2.39. The molecule has 2 saturated heterocycles. The summed E-state index contributed by atoms with van der Waals surface area (Å²) in [4.78, 5) is 13.0. The Hall–Kier alpha value is -1.79. The highest BCUT2D eigenvalue weighted by Crippen LogP contribution is 2.39. The molecule has 2 aliphatic heterocycles. The molecule has 2 aromatic rings. The number of aromatic amines is 1. The van der Waals surface area contributed by atoms with Crippen LogP contribution in [0.1, 0.15) is 56.1 Å². The highest BCUT2D eigenvalue weighted by molar-refractivity contribution is 5.18. The van der Waals surface area contributed by atoms with Gasteiger partial charge in [-0.15, -0.1) is 0 Å². The normalized spacial score (nSPS) is 23.3. The molecule has 2 fully saturated rings. The Bertz CT molecular complexity index is 821. The van der Waals surface area contributed by atoms with Gasteiger partial charge in [0.2, 0.25) is 0 Å². The second-order valence-electron chi connectivity index (χ2n) is 8.98. The maximum absolute atomic E-state index is 13.5. The topological polar surface area (TPSA) is 35.2 Å². The second kappa shape index (κ2) is 8.92. The summed E-state index contributed by atoms with van der Waals surface area (Å²) < 4.78 is 26.7. The van der Waals surface area contributed by atoms with Crippen molar-refractivity contribution in [3.8, 4) is 0 Å². The van der Waals surface area contributed by atoms with Crippen LogP contribution < -0.4 is 0 Å². The predicted molar refractivity (Wildman–Crippen MR) is 110 cm³/mol. The Morgan fingerprint density at radius 3 is 2.69 bits per heavy atom. The van der Waals surface area contributed by atoms with E-state index >= 15 is 0 Å². The molecule has 4 nitrogen and oxygen atoms in total. The predicted octanol–water partition coefficient (Wildman–Crippen LogP) is 4.52. The summed E-state index contributed by atoms with van der Waals surface area (Å²) in [5, 5.41) is 0. The number of benzene rings is 1. The number of rotatable bonds is 7. The number of H-pyrrole nitrogens is 1. The van der Waals surface area contributed by atoms with Crippen molar-refractivity contribution < 1.29 is 8.78 Å². The largest absolute Gasteiger partial charge is 0.345 e. The minimum atomic E-state index is -0.771. The van der Waals surface area contributed by atoms with Crippen LogP contribution >= 0.6 is 0 Å². The Balaban J connectivity index is 1.32. The average Bonchev–Trinajstić information content (AvgIpc) is 3.30. The number of hydrogen-bond acceptors (Lipinski definition) is 3. The van der Waals surface area contributed by atoms with Crippen LogP contribution in [-0.4, -0.2) is 45.9 Å². The first-order valence-corrected chi connectivity index (χ1v) is 11.0. The van der Waals surface area contributed by atoms with Gasteiger partial charge in [-0.25, -0.2) is 13.8 Å². The van der Waals surface area contributed by atoms with Crippen LogP contribution in [0.3, 0.4) is 0 Å². The van der Waals surface area contributed by atoms with Gasteiger partial charge >= 0.3 is 0 Å². The zero-order valence-electron chi connectivity index (χ0n) is 17.4. The molecule has 0 bridgehead atoms. The zero-order valence-corrected chi connectivity index (χ0v) is 17.4. The molecule has 4 rings (SSSR count). The third-order valence-electron chi connectivity index (χ3n) is 6.49. The number of piperidine rings is 1. The van der Waals surface area contributed by atoms with Crippen molar-refractivity contribution in [2.24, 2.45) is 5.41 Å². The summed E-state index contributed by atoms with van der Waals surface area (Å²) in [6.07, 6.45) is 9.01. The lowest BCUT2D eigenvalue weighted by atomic mass is 9.79. The molecule has 0 radical (unpaired) electrons. The fourth-order valence-corrected chi connectivity index (χ4v) is 5.04. The summed E-state index contributed by atoms with van der Waals surface area (Å²) >= 11 is 0. The van der Waals surface area contributed by atoms with Gasteiger partial charge in [-0.3, -0.25) is 9.80 Å². The number of halogens is 2. The SMILES string of the molecule is CCCCc1ncc(CN2CCC3(CCCN(Cc4ccc(F)c(F)c4)C3)C2)[nH]1. The molecular formula is C23H32F2N4. The van der Waals surface area contributed by atoms with Gasteiger partial charge in [-0.1, -0.05) is 19.4 Å². The van der Waals surface area contributed by atoms with E-state index in [-0.39, 0.29) is 0 Å². The molecule has 29 heavy (non-hydrogen) atoms. The monoisotopic (exact) mass is 402 g/mol. The van der Waals surface area contributed by atoms with E-state index in [4.69, 9.17) is 0 Å². The molecule has 158 valence electrons. The number of hydrogen-bond donors (Lipinski definition) is 1. The molecular weight excluding hydrogens is 370 g/mol. The highest BCUT2D eigenvalue weighted by atomic mass is 19.2. The lowest BCUT2D eigenvalue weighted by Crippen LogP contribution is -2.44. The second-order valence-corrected chi connectivity index (χ2v) is 8.98. The van der Waals surface area contributed by atoms with Crippen LogP contribution in [0.2, 0.25) is 0 Å². The van der Waals surface area contributed by atoms with E-state index < -0.39 is 11.6 Å². The van der Waals surface area contributed by atoms with Gasteiger partial charge in [0.25, 0.3) is 0 Å². The lowest BCUT2D eigenvalue weighted by molar-refractivity contribution is 0.0864. The van der Waals surface area contributed by atoms with Crippen LogP contribution in [-0.2, 0) is 19.5 Å². The number of aromatic nitrogens is 2. The molecule has 1 aromatic carbocycles. The van der Waals surface area contributed by atoms with E-state index in [9.17, 15) is 8.78 Å². The minimum absolute atomic E-state index is 0.321. The molecule has 6 heteroatoms. The number of aryl methyl sites for hydroxylation is 1. The van der Waals surface area contributed by atoms with Crippen molar-refractivity contribution in [3.05, 3.63) is 53.1 Å². The van der Waals surface area contributed by atoms with Crippen molar-refractivity contribution in [3.63, 3.8) is 0 Å². The maximum Gasteiger partial charge on any atom is 0.159 e. The van der Waals surface area contributed by atoms with Crippen molar-refractivity contribution >= 4 is 0 Å². The van der Waals surface area contributed by atoms with Gasteiger partial charge in [0.1, 0.15) is 5.82 Å². The van der Waals surface area contributed by atoms with Crippen LogP contribution in [0, 0.1) is 17.0 Å². The molecule has 0 saturated carbocycles. The average molecular weight is 403 g/mol. The summed E-state index contributed by atoms with van der Waals surface area (Å²) in [6, 6.07) is 4.28. The number of likely N-dealkylation sites (tertiary alicyclic amines) is 2. The Kier molecular flexibility index (Phi) is 6.30. The summed E-state index contributed by atoms with van der Waals surface area (Å²) in [7, 11) is 0. The van der Waals surface area contributed by atoms with Crippen LogP contribution in [0.4, 0.5) is 8.78 Å². The van der Waals surface area contributed by atoms with Gasteiger partial charge < -0.3 is 4.98 Å². The molecule has 0 amide bonds. The molecule has 1 aromatic heterocycles. The van der Waals surface area contributed by atoms with Gasteiger partial charge in [0, 0.05) is 44.5 Å². The standard InChI is InChI=1S/C23H32F2N4/c1-2-3-5-22-26-13-19(27-22)15-29-11-9-23(17-29)8-4-10-28(16-23)14-18-6-7-20(24)21(25)12-18/h6-7,12-13H,2-5,8-11,14-17H2,1H3,(H,26,27). The zero-order chi connectivity index (χ0) is 20.3. The first-order valence-electron chi connectivity index (χ1n) is 11.0. The number of unbranched alkanes of at least 4 members (excludes halogenated alkanes) is 1. The van der Waals surface area contributed by atoms with E-state index in [1.54, 1.807) is 6.07 Å². The molecule has 1 spiro atoms. The molecule has 1 N–H and O–H groups in total. The van der Waals surface area contributed by atoms with Gasteiger partial charge in [-0.05, 0) is 61.9 Å². The quantitative estimate of drug-likeness (QED) is 0.740. The van der Waals surface area contributed by atoms with Crippen molar-refractivity contribution in [2.45, 2.75) is 58.5 Å². The van der Waals surface area contributed by atoms with E-state index in [1.807, 2.05) is 6.20 Å². The number of imidazole rings is 1. The van der Waals surface area contributed by atoms with E-state index in [0.717, 1.165) is 50.5 Å². The lowest BCUT2D eigenvalue weighted by Gasteiger charge is -2.40. The fraction of sp³-hybridized carbons (Fsp3) is 0.609. The molecule has 0 aliphatic carbocycles. The van der Waals surface area contributed by atoms with Crippen molar-refractivity contribution in [1.82, 2.24) is 19.8 Å². The molecule has 1 unspecified atom stereocenters. The van der Waals surface area contributed by atoms with Gasteiger partial charge in [0.05, 0.1) is 0 Å². The maximum atomic E-state index is 13.5.